The molecule has 0 atom stereocenters. The zero-order chi connectivity index (χ0) is 19.5. The van der Waals surface area contributed by atoms with Gasteiger partial charge >= 0.3 is 0 Å². The number of aromatic nitrogens is 2. The highest BCUT2D eigenvalue weighted by atomic mass is 15.0. The molecule has 0 saturated heterocycles. The average Bonchev–Trinajstić information content (AvgIpc) is 3.27. The van der Waals surface area contributed by atoms with E-state index in [4.69, 9.17) is 6.57 Å². The molecule has 2 heterocycles. The molecule has 0 amide bonds. The molecule has 0 aliphatic carbocycles. The van der Waals surface area contributed by atoms with Gasteiger partial charge < -0.3 is 4.40 Å². The fraction of sp³-hybridized carbons (Fsp3) is 0. The van der Waals surface area contributed by atoms with Crippen LogP contribution in [0.15, 0.2) is 73.1 Å². The van der Waals surface area contributed by atoms with E-state index < -0.39 is 0 Å². The lowest BCUT2D eigenvalue weighted by atomic mass is 9.92. The van der Waals surface area contributed by atoms with Gasteiger partial charge in [0, 0.05) is 34.1 Å². The van der Waals surface area contributed by atoms with Crippen molar-refractivity contribution >= 4 is 54.6 Å². The monoisotopic (exact) mass is 368 g/mol. The van der Waals surface area contributed by atoms with Gasteiger partial charge in [0.05, 0.1) is 18.2 Å². The van der Waals surface area contributed by atoms with Crippen LogP contribution in [0.2, 0.25) is 0 Å². The lowest BCUT2D eigenvalue weighted by Crippen LogP contribution is -1.94. The first-order valence-corrected chi connectivity index (χ1v) is 9.25. The molecule has 2 aromatic heterocycles. The Bertz CT molecular complexity index is 1730. The van der Waals surface area contributed by atoms with Crippen molar-refractivity contribution in [3.63, 3.8) is 0 Å². The fourth-order valence-electron chi connectivity index (χ4n) is 4.49. The summed E-state index contributed by atoms with van der Waals surface area (Å²) in [5, 5.41) is 17.3. The SMILES string of the molecule is [C-]#[N+]c1cc2c(cc1C#N)c1c3ccccc3c3ccccc3c1c1nccn21. The Balaban J connectivity index is 2.08. The zero-order valence-electron chi connectivity index (χ0n) is 15.2. The Kier molecular flexibility index (Phi) is 2.99. The lowest BCUT2D eigenvalue weighted by Gasteiger charge is -2.15. The molecule has 0 unspecified atom stereocenters. The van der Waals surface area contributed by atoms with E-state index in [2.05, 4.69) is 52.3 Å². The molecular formula is C25H12N4. The van der Waals surface area contributed by atoms with Crippen LogP contribution in [0.1, 0.15) is 5.56 Å². The third kappa shape index (κ3) is 1.92. The van der Waals surface area contributed by atoms with Crippen molar-refractivity contribution in [1.82, 2.24) is 9.38 Å². The molecule has 132 valence electrons. The van der Waals surface area contributed by atoms with Gasteiger partial charge in [-0.1, -0.05) is 48.5 Å². The molecule has 0 saturated carbocycles. The summed E-state index contributed by atoms with van der Waals surface area (Å²) in [6, 6.07) is 22.6. The maximum atomic E-state index is 9.63. The van der Waals surface area contributed by atoms with Crippen LogP contribution in [0.4, 0.5) is 5.69 Å². The number of hydrogen-bond acceptors (Lipinski definition) is 2. The third-order valence-corrected chi connectivity index (χ3v) is 5.68. The minimum atomic E-state index is 0.361. The van der Waals surface area contributed by atoms with Crippen molar-refractivity contribution in [2.24, 2.45) is 0 Å². The molecule has 0 aliphatic heterocycles. The van der Waals surface area contributed by atoms with E-state index in [0.29, 0.717) is 11.3 Å². The number of nitrogens with zero attached hydrogens (tertiary/aromatic N) is 4. The second kappa shape index (κ2) is 5.55. The molecular weight excluding hydrogens is 356 g/mol. The van der Waals surface area contributed by atoms with Crippen molar-refractivity contribution in [3.8, 4) is 6.07 Å². The highest BCUT2D eigenvalue weighted by Gasteiger charge is 2.18. The van der Waals surface area contributed by atoms with Gasteiger partial charge in [-0.05, 0) is 33.7 Å². The molecule has 4 aromatic carbocycles. The van der Waals surface area contributed by atoms with Crippen LogP contribution < -0.4 is 0 Å². The summed E-state index contributed by atoms with van der Waals surface area (Å²) in [5.74, 6) is 0. The number of benzene rings is 4. The molecule has 4 nitrogen and oxygen atoms in total. The largest absolute Gasteiger partial charge is 0.300 e. The highest BCUT2D eigenvalue weighted by molar-refractivity contribution is 6.34. The van der Waals surface area contributed by atoms with Crippen molar-refractivity contribution < 1.29 is 0 Å². The van der Waals surface area contributed by atoms with Gasteiger partial charge in [-0.2, -0.15) is 5.26 Å². The molecule has 0 bridgehead atoms. The quantitative estimate of drug-likeness (QED) is 0.231. The number of imidazole rings is 1. The second-order valence-corrected chi connectivity index (χ2v) is 7.07. The van der Waals surface area contributed by atoms with E-state index in [0.717, 1.165) is 38.1 Å². The van der Waals surface area contributed by atoms with E-state index in [1.165, 1.54) is 10.8 Å². The normalized spacial score (nSPS) is 11.4. The predicted octanol–water partition coefficient (Wildman–Crippen LogP) is 6.37. The van der Waals surface area contributed by atoms with Crippen LogP contribution in [-0.2, 0) is 0 Å². The van der Waals surface area contributed by atoms with Gasteiger partial charge in [0.25, 0.3) is 0 Å². The van der Waals surface area contributed by atoms with Crippen molar-refractivity contribution in [2.45, 2.75) is 0 Å². The summed E-state index contributed by atoms with van der Waals surface area (Å²) in [5.41, 5.74) is 2.50. The number of pyridine rings is 1. The van der Waals surface area contributed by atoms with E-state index in [-0.39, 0.29) is 0 Å². The smallest absolute Gasteiger partial charge is 0.206 e. The highest BCUT2D eigenvalue weighted by Crippen LogP contribution is 2.41. The summed E-state index contributed by atoms with van der Waals surface area (Å²) in [7, 11) is 0. The van der Waals surface area contributed by atoms with Crippen molar-refractivity contribution in [2.75, 3.05) is 0 Å². The Morgan fingerprint density at radius 3 is 2.17 bits per heavy atom. The Morgan fingerprint density at radius 1 is 0.862 bits per heavy atom. The number of nitriles is 1. The molecule has 0 aliphatic rings. The summed E-state index contributed by atoms with van der Waals surface area (Å²) >= 11 is 0. The topological polar surface area (TPSA) is 45.5 Å². The minimum absolute atomic E-state index is 0.361. The Labute approximate surface area is 165 Å². The third-order valence-electron chi connectivity index (χ3n) is 5.68. The van der Waals surface area contributed by atoms with Crippen LogP contribution in [0.5, 0.6) is 0 Å². The van der Waals surface area contributed by atoms with Crippen LogP contribution in [0, 0.1) is 17.9 Å². The first-order chi connectivity index (χ1) is 14.3. The molecule has 6 rings (SSSR count). The first kappa shape index (κ1) is 15.6. The maximum Gasteiger partial charge on any atom is 0.206 e. The zero-order valence-corrected chi connectivity index (χ0v) is 15.2. The molecule has 4 heteroatoms. The van der Waals surface area contributed by atoms with Crippen LogP contribution in [-0.4, -0.2) is 9.38 Å². The first-order valence-electron chi connectivity index (χ1n) is 9.25. The van der Waals surface area contributed by atoms with E-state index in [9.17, 15) is 5.26 Å². The van der Waals surface area contributed by atoms with Crippen molar-refractivity contribution in [3.05, 3.63) is 90.0 Å². The van der Waals surface area contributed by atoms with Gasteiger partial charge in [-0.25, -0.2) is 9.83 Å². The van der Waals surface area contributed by atoms with E-state index in [1.807, 2.05) is 28.8 Å². The Hall–Kier alpha value is -4.41. The van der Waals surface area contributed by atoms with Crippen LogP contribution in [0.25, 0.3) is 53.7 Å². The Morgan fingerprint density at radius 2 is 1.52 bits per heavy atom. The van der Waals surface area contributed by atoms with E-state index in [1.54, 1.807) is 12.3 Å². The molecule has 0 radical (unpaired) electrons. The van der Waals surface area contributed by atoms with E-state index >= 15 is 0 Å². The molecule has 0 fully saturated rings. The van der Waals surface area contributed by atoms with Crippen molar-refractivity contribution in [1.29, 1.82) is 5.26 Å². The predicted molar refractivity (Wildman–Crippen MR) is 116 cm³/mol. The van der Waals surface area contributed by atoms with Gasteiger partial charge in [0.1, 0.15) is 5.65 Å². The summed E-state index contributed by atoms with van der Waals surface area (Å²) < 4.78 is 2.02. The van der Waals surface area contributed by atoms with Crippen LogP contribution >= 0.6 is 0 Å². The molecule has 0 spiro atoms. The van der Waals surface area contributed by atoms with Crippen LogP contribution in [0.3, 0.4) is 0 Å². The number of hydrogen-bond donors (Lipinski definition) is 0. The molecule has 0 N–H and O–H groups in total. The molecule has 6 aromatic rings. The number of fused-ring (bicyclic) bond motifs is 11. The molecule has 29 heavy (non-hydrogen) atoms. The summed E-state index contributed by atoms with van der Waals surface area (Å²) in [4.78, 5) is 8.24. The summed E-state index contributed by atoms with van der Waals surface area (Å²) in [6.07, 6.45) is 3.70. The lowest BCUT2D eigenvalue weighted by molar-refractivity contribution is 1.27. The standard InChI is InChI=1S/C25H12N4/c1-27-21-13-22-20(12-15(21)14-26)23-18-8-4-2-6-16(18)17-7-3-5-9-19(17)24(23)25-28-10-11-29(22)25/h2-13H. The van der Waals surface area contributed by atoms with Gasteiger partial charge in [-0.15, -0.1) is 0 Å². The fourth-order valence-corrected chi connectivity index (χ4v) is 4.49. The summed E-state index contributed by atoms with van der Waals surface area (Å²) in [6.45, 7) is 7.49. The number of rotatable bonds is 0. The van der Waals surface area contributed by atoms with Gasteiger partial charge in [0.15, 0.2) is 0 Å². The van der Waals surface area contributed by atoms with Gasteiger partial charge in [-0.3, -0.25) is 0 Å². The second-order valence-electron chi connectivity index (χ2n) is 7.07. The maximum absolute atomic E-state index is 9.63. The average molecular weight is 368 g/mol. The minimum Gasteiger partial charge on any atom is -0.300 e. The van der Waals surface area contributed by atoms with Gasteiger partial charge in [0.2, 0.25) is 5.69 Å².